The highest BCUT2D eigenvalue weighted by Crippen LogP contribution is 2.30. The Morgan fingerprint density at radius 2 is 1.81 bits per heavy atom. The topological polar surface area (TPSA) is 72.5 Å². The molecule has 0 radical (unpaired) electrons. The fraction of sp³-hybridized carbons (Fsp3) is 0.381. The van der Waals surface area contributed by atoms with Crippen LogP contribution in [-0.4, -0.2) is 24.4 Å². The van der Waals surface area contributed by atoms with Gasteiger partial charge >= 0.3 is 5.97 Å². The number of carbonyl (C=O) groups is 3. The summed E-state index contributed by atoms with van der Waals surface area (Å²) in [6, 6.07) is 8.95. The van der Waals surface area contributed by atoms with Crippen molar-refractivity contribution < 1.29 is 19.1 Å². The van der Waals surface area contributed by atoms with Gasteiger partial charge in [-0.1, -0.05) is 32.9 Å². The number of imide groups is 1. The van der Waals surface area contributed by atoms with Crippen molar-refractivity contribution in [1.29, 1.82) is 0 Å². The molecule has 1 aliphatic carbocycles. The van der Waals surface area contributed by atoms with Crippen LogP contribution in [0.15, 0.2) is 30.3 Å². The van der Waals surface area contributed by atoms with Gasteiger partial charge in [-0.25, -0.2) is 4.79 Å². The molecule has 0 spiro atoms. The third-order valence-corrected chi connectivity index (χ3v) is 5.77. The molecule has 0 unspecified atom stereocenters. The minimum absolute atomic E-state index is 0.0129. The van der Waals surface area contributed by atoms with Crippen LogP contribution in [0.25, 0.3) is 0 Å². The Morgan fingerprint density at radius 3 is 2.44 bits per heavy atom. The molecule has 0 saturated heterocycles. The van der Waals surface area contributed by atoms with Gasteiger partial charge in [-0.2, -0.15) is 0 Å². The summed E-state index contributed by atoms with van der Waals surface area (Å²) in [5.41, 5.74) is 2.67. The van der Waals surface area contributed by atoms with Crippen LogP contribution in [0.2, 0.25) is 0 Å². The van der Waals surface area contributed by atoms with Crippen LogP contribution in [0.4, 0.5) is 0 Å². The third-order valence-electron chi connectivity index (χ3n) is 4.55. The molecule has 6 heteroatoms. The van der Waals surface area contributed by atoms with E-state index in [2.05, 4.69) is 26.1 Å². The summed E-state index contributed by atoms with van der Waals surface area (Å²) >= 11 is 1.42. The van der Waals surface area contributed by atoms with Crippen molar-refractivity contribution in [3.8, 4) is 0 Å². The molecule has 2 amide bonds. The molecule has 0 fully saturated rings. The third kappa shape index (κ3) is 4.63. The van der Waals surface area contributed by atoms with Crippen molar-refractivity contribution in [3.63, 3.8) is 0 Å². The van der Waals surface area contributed by atoms with Crippen molar-refractivity contribution >= 4 is 29.1 Å². The Kier molecular flexibility index (Phi) is 5.46. The van der Waals surface area contributed by atoms with Gasteiger partial charge in [0.15, 0.2) is 6.61 Å². The molecular formula is C21H23NO4S. The Bertz CT molecular complexity index is 853. The zero-order valence-electron chi connectivity index (χ0n) is 15.8. The van der Waals surface area contributed by atoms with E-state index in [4.69, 9.17) is 4.74 Å². The van der Waals surface area contributed by atoms with Gasteiger partial charge in [0.1, 0.15) is 4.88 Å². The number of rotatable bonds is 4. The molecule has 5 nitrogen and oxygen atoms in total. The van der Waals surface area contributed by atoms with E-state index in [-0.39, 0.29) is 5.41 Å². The normalized spacial score (nSPS) is 13.1. The van der Waals surface area contributed by atoms with Crippen molar-refractivity contribution in [2.24, 2.45) is 0 Å². The highest BCUT2D eigenvalue weighted by atomic mass is 32.1. The molecule has 1 aromatic carbocycles. The standard InChI is InChI=1S/C21H23NO4S/c1-21(2,3)15-9-7-13(8-10-15)19(24)22-18(23)12-26-20(25)17-11-14-5-4-6-16(14)27-17/h7-11H,4-6,12H2,1-3H3,(H,22,23,24). The Hall–Kier alpha value is -2.47. The molecule has 0 atom stereocenters. The number of carbonyl (C=O) groups excluding carboxylic acids is 3. The number of fused-ring (bicyclic) bond motifs is 1. The fourth-order valence-corrected chi connectivity index (χ4v) is 4.14. The van der Waals surface area contributed by atoms with Crippen molar-refractivity contribution in [1.82, 2.24) is 5.32 Å². The van der Waals surface area contributed by atoms with Gasteiger partial charge in [-0.15, -0.1) is 11.3 Å². The lowest BCUT2D eigenvalue weighted by Crippen LogP contribution is -2.34. The van der Waals surface area contributed by atoms with Gasteiger partial charge in [-0.05, 0) is 54.0 Å². The largest absolute Gasteiger partial charge is 0.451 e. The zero-order valence-corrected chi connectivity index (χ0v) is 16.6. The maximum absolute atomic E-state index is 12.2. The number of nitrogens with one attached hydrogen (secondary N) is 1. The van der Waals surface area contributed by atoms with Gasteiger partial charge in [0.25, 0.3) is 11.8 Å². The lowest BCUT2D eigenvalue weighted by Gasteiger charge is -2.18. The SMILES string of the molecule is CC(C)(C)c1ccc(C(=O)NC(=O)COC(=O)c2cc3c(s2)CCC3)cc1. The molecular weight excluding hydrogens is 362 g/mol. The number of amides is 2. The summed E-state index contributed by atoms with van der Waals surface area (Å²) in [7, 11) is 0. The van der Waals surface area contributed by atoms with Crippen molar-refractivity contribution in [2.45, 2.75) is 45.4 Å². The predicted octanol–water partition coefficient (Wildman–Crippen LogP) is 3.65. The van der Waals surface area contributed by atoms with Crippen LogP contribution in [0.3, 0.4) is 0 Å². The van der Waals surface area contributed by atoms with Gasteiger partial charge in [0.05, 0.1) is 0 Å². The van der Waals surface area contributed by atoms with E-state index in [1.54, 1.807) is 12.1 Å². The van der Waals surface area contributed by atoms with Gasteiger partial charge in [-0.3, -0.25) is 14.9 Å². The Morgan fingerprint density at radius 1 is 1.11 bits per heavy atom. The van der Waals surface area contributed by atoms with E-state index in [0.29, 0.717) is 10.4 Å². The minimum Gasteiger partial charge on any atom is -0.451 e. The van der Waals surface area contributed by atoms with Crippen LogP contribution in [0.5, 0.6) is 0 Å². The molecule has 27 heavy (non-hydrogen) atoms. The highest BCUT2D eigenvalue weighted by Gasteiger charge is 2.20. The number of hydrogen-bond acceptors (Lipinski definition) is 5. The first-order valence-electron chi connectivity index (χ1n) is 8.97. The van der Waals surface area contributed by atoms with Crippen LogP contribution < -0.4 is 5.32 Å². The second-order valence-corrected chi connectivity index (χ2v) is 8.83. The Balaban J connectivity index is 1.51. The summed E-state index contributed by atoms with van der Waals surface area (Å²) in [5.74, 6) is -1.67. The number of esters is 1. The molecule has 1 aromatic heterocycles. The summed E-state index contributed by atoms with van der Waals surface area (Å²) in [6.07, 6.45) is 3.11. The number of ether oxygens (including phenoxy) is 1. The molecule has 1 heterocycles. The molecule has 0 bridgehead atoms. The van der Waals surface area contributed by atoms with E-state index in [1.165, 1.54) is 21.8 Å². The Labute approximate surface area is 162 Å². The second-order valence-electron chi connectivity index (χ2n) is 7.69. The molecule has 0 saturated carbocycles. The first kappa shape index (κ1) is 19.3. The molecule has 0 aliphatic heterocycles. The molecule has 2 aromatic rings. The van der Waals surface area contributed by atoms with Gasteiger partial charge in [0, 0.05) is 10.4 Å². The molecule has 1 N–H and O–H groups in total. The molecule has 142 valence electrons. The zero-order chi connectivity index (χ0) is 19.6. The molecule has 3 rings (SSSR count). The minimum atomic E-state index is -0.641. The predicted molar refractivity (Wildman–Crippen MR) is 104 cm³/mol. The average molecular weight is 385 g/mol. The maximum atomic E-state index is 12.2. The number of hydrogen-bond donors (Lipinski definition) is 1. The number of thiophene rings is 1. The van der Waals surface area contributed by atoms with E-state index in [9.17, 15) is 14.4 Å². The second kappa shape index (κ2) is 7.64. The lowest BCUT2D eigenvalue weighted by atomic mass is 9.87. The average Bonchev–Trinajstić information content (AvgIpc) is 3.21. The van der Waals surface area contributed by atoms with Crippen LogP contribution >= 0.6 is 11.3 Å². The maximum Gasteiger partial charge on any atom is 0.348 e. The van der Waals surface area contributed by atoms with E-state index >= 15 is 0 Å². The smallest absolute Gasteiger partial charge is 0.348 e. The van der Waals surface area contributed by atoms with Crippen molar-refractivity contribution in [2.75, 3.05) is 6.61 Å². The number of aryl methyl sites for hydroxylation is 2. The summed E-state index contributed by atoms with van der Waals surface area (Å²) in [4.78, 5) is 37.9. The summed E-state index contributed by atoms with van der Waals surface area (Å²) < 4.78 is 5.03. The first-order valence-corrected chi connectivity index (χ1v) is 9.79. The quantitative estimate of drug-likeness (QED) is 0.816. The van der Waals surface area contributed by atoms with Crippen LogP contribution in [0.1, 0.15) is 63.2 Å². The van der Waals surface area contributed by atoms with E-state index in [0.717, 1.165) is 24.8 Å². The number of benzene rings is 1. The van der Waals surface area contributed by atoms with Crippen molar-refractivity contribution in [3.05, 3.63) is 56.8 Å². The summed E-state index contributed by atoms with van der Waals surface area (Å²) in [5, 5.41) is 2.25. The van der Waals surface area contributed by atoms with E-state index < -0.39 is 24.4 Å². The van der Waals surface area contributed by atoms with Crippen LogP contribution in [-0.2, 0) is 27.8 Å². The monoisotopic (exact) mass is 385 g/mol. The molecule has 1 aliphatic rings. The van der Waals surface area contributed by atoms with E-state index in [1.807, 2.05) is 18.2 Å². The highest BCUT2D eigenvalue weighted by molar-refractivity contribution is 7.14. The summed E-state index contributed by atoms with van der Waals surface area (Å²) in [6.45, 7) is 5.78. The van der Waals surface area contributed by atoms with Crippen LogP contribution in [0, 0.1) is 0 Å². The first-order chi connectivity index (χ1) is 12.7. The fourth-order valence-electron chi connectivity index (χ4n) is 2.99. The lowest BCUT2D eigenvalue weighted by molar-refractivity contribution is -0.123. The van der Waals surface area contributed by atoms with Gasteiger partial charge in [0.2, 0.25) is 0 Å². The van der Waals surface area contributed by atoms with Gasteiger partial charge < -0.3 is 4.74 Å².